The second-order valence-corrected chi connectivity index (χ2v) is 8.31. The first-order valence-electron chi connectivity index (χ1n) is 11.0. The Labute approximate surface area is 203 Å². The van der Waals surface area contributed by atoms with Gasteiger partial charge in [0.1, 0.15) is 0 Å². The number of aliphatic hydroxyl groups is 1. The maximum Gasteiger partial charge on any atom is 0.394 e. The van der Waals surface area contributed by atoms with Crippen molar-refractivity contribution in [2.45, 2.75) is 26.4 Å². The predicted octanol–water partition coefficient (Wildman–Crippen LogP) is 0.257. The Hall–Kier alpha value is -0.490. The average Bonchev–Trinajstić information content (AvgIpc) is 2.72. The molecule has 0 spiro atoms. The highest BCUT2D eigenvalue weighted by Gasteiger charge is 2.08. The fraction of sp³-hybridized carbons (Fsp3) is 1.00. The van der Waals surface area contributed by atoms with Crippen LogP contribution < -0.4 is 0 Å². The van der Waals surface area contributed by atoms with Crippen LogP contribution in [-0.4, -0.2) is 134 Å². The lowest BCUT2D eigenvalue weighted by atomic mass is 10.2. The van der Waals surface area contributed by atoms with E-state index in [1.807, 2.05) is 20.8 Å². The fourth-order valence-corrected chi connectivity index (χ4v) is 1.89. The minimum absolute atomic E-state index is 0.0338. The molecule has 0 aromatic heterocycles. The Kier molecular flexibility index (Phi) is 26.9. The molecule has 0 saturated heterocycles. The number of hydrogen-bond donors (Lipinski definition) is 3. The Bertz CT molecular complexity index is 489. The smallest absolute Gasteiger partial charge is 0.394 e. The summed E-state index contributed by atoms with van der Waals surface area (Å²) in [6.45, 7) is 13.9. The van der Waals surface area contributed by atoms with E-state index in [1.165, 1.54) is 0 Å². The summed E-state index contributed by atoms with van der Waals surface area (Å²) in [6, 6.07) is 0. The van der Waals surface area contributed by atoms with E-state index < -0.39 is 10.4 Å². The lowest BCUT2D eigenvalue weighted by Crippen LogP contribution is -2.22. The molecule has 34 heavy (non-hydrogen) atoms. The summed E-state index contributed by atoms with van der Waals surface area (Å²) in [4.78, 5) is 0. The Balaban J connectivity index is 0. The van der Waals surface area contributed by atoms with E-state index in [9.17, 15) is 0 Å². The number of ether oxygens (including phenoxy) is 8. The molecule has 14 heteroatoms. The Morgan fingerprint density at radius 3 is 0.912 bits per heavy atom. The molecule has 0 atom stereocenters. The number of rotatable bonds is 23. The van der Waals surface area contributed by atoms with Crippen LogP contribution in [0.3, 0.4) is 0 Å². The number of hydrogen-bond acceptors (Lipinski definition) is 11. The van der Waals surface area contributed by atoms with Crippen molar-refractivity contribution in [3.8, 4) is 0 Å². The lowest BCUT2D eigenvalue weighted by Gasteiger charge is -2.19. The van der Waals surface area contributed by atoms with Crippen LogP contribution >= 0.6 is 0 Å². The van der Waals surface area contributed by atoms with Crippen LogP contribution in [-0.2, 0) is 48.3 Å². The van der Waals surface area contributed by atoms with Gasteiger partial charge in [-0.25, -0.2) is 0 Å². The number of aliphatic hydroxyl groups excluding tert-OH is 1. The van der Waals surface area contributed by atoms with Gasteiger partial charge in [-0.3, -0.25) is 9.11 Å². The van der Waals surface area contributed by atoms with Crippen LogP contribution in [0.25, 0.3) is 0 Å². The molecule has 0 aromatic rings. The van der Waals surface area contributed by atoms with Gasteiger partial charge in [0.05, 0.1) is 111 Å². The standard InChI is InChI=1S/C20H42O9.H2O4S/c1-20(2,3)29-19-18-28-17-16-27-15-14-26-13-12-25-11-10-24-9-8-23-7-6-22-5-4-21;1-5(2,3)4/h21H,4-19H2,1-3H3;(H2,1,2,3,4). The van der Waals surface area contributed by atoms with E-state index in [-0.39, 0.29) is 12.2 Å². The summed E-state index contributed by atoms with van der Waals surface area (Å²) in [5.74, 6) is 0. The van der Waals surface area contributed by atoms with Crippen molar-refractivity contribution in [3.63, 3.8) is 0 Å². The van der Waals surface area contributed by atoms with Crippen LogP contribution in [0.4, 0.5) is 0 Å². The first-order valence-corrected chi connectivity index (χ1v) is 12.4. The van der Waals surface area contributed by atoms with Crippen molar-refractivity contribution >= 4 is 10.4 Å². The fourth-order valence-electron chi connectivity index (χ4n) is 1.89. The van der Waals surface area contributed by atoms with E-state index in [1.54, 1.807) is 0 Å². The van der Waals surface area contributed by atoms with Gasteiger partial charge >= 0.3 is 10.4 Å². The van der Waals surface area contributed by atoms with Crippen LogP contribution in [0.1, 0.15) is 20.8 Å². The minimum atomic E-state index is -4.67. The van der Waals surface area contributed by atoms with Gasteiger partial charge in [-0.15, -0.1) is 0 Å². The molecular weight excluding hydrogens is 480 g/mol. The largest absolute Gasteiger partial charge is 0.394 e. The van der Waals surface area contributed by atoms with Gasteiger partial charge in [0.2, 0.25) is 0 Å². The molecule has 0 rings (SSSR count). The van der Waals surface area contributed by atoms with E-state index in [0.717, 1.165) is 0 Å². The molecule has 0 unspecified atom stereocenters. The SMILES string of the molecule is CC(C)(C)OCCOCCOCCOCCOCCOCCOCCOCCO.O=S(=O)(O)O. The van der Waals surface area contributed by atoms with E-state index >= 15 is 0 Å². The van der Waals surface area contributed by atoms with Gasteiger partial charge in [0.25, 0.3) is 0 Å². The van der Waals surface area contributed by atoms with Gasteiger partial charge in [-0.2, -0.15) is 8.42 Å². The minimum Gasteiger partial charge on any atom is -0.394 e. The van der Waals surface area contributed by atoms with Gasteiger partial charge < -0.3 is 43.0 Å². The maximum atomic E-state index is 8.74. The molecule has 13 nitrogen and oxygen atoms in total. The average molecular weight is 525 g/mol. The van der Waals surface area contributed by atoms with Crippen molar-refractivity contribution < 1.29 is 60.5 Å². The van der Waals surface area contributed by atoms with E-state index in [0.29, 0.717) is 99.1 Å². The van der Waals surface area contributed by atoms with E-state index in [2.05, 4.69) is 0 Å². The monoisotopic (exact) mass is 524 g/mol. The first kappa shape index (κ1) is 35.7. The van der Waals surface area contributed by atoms with Crippen LogP contribution in [0, 0.1) is 0 Å². The van der Waals surface area contributed by atoms with E-state index in [4.69, 9.17) is 60.5 Å². The molecule has 0 heterocycles. The second-order valence-electron chi connectivity index (χ2n) is 7.42. The van der Waals surface area contributed by atoms with Gasteiger partial charge in [-0.05, 0) is 20.8 Å². The third-order valence-electron chi connectivity index (χ3n) is 3.23. The molecule has 0 bridgehead atoms. The van der Waals surface area contributed by atoms with Gasteiger partial charge in [-0.1, -0.05) is 0 Å². The summed E-state index contributed by atoms with van der Waals surface area (Å²) in [5, 5.41) is 8.53. The molecule has 0 saturated carbocycles. The van der Waals surface area contributed by atoms with Crippen molar-refractivity contribution in [2.24, 2.45) is 0 Å². The van der Waals surface area contributed by atoms with Crippen molar-refractivity contribution in [1.82, 2.24) is 0 Å². The molecule has 3 N–H and O–H groups in total. The topological polar surface area (TPSA) is 169 Å². The molecule has 208 valence electrons. The zero-order chi connectivity index (χ0) is 26.0. The zero-order valence-electron chi connectivity index (χ0n) is 20.6. The summed E-state index contributed by atoms with van der Waals surface area (Å²) in [6.07, 6.45) is 0. The lowest BCUT2D eigenvalue weighted by molar-refractivity contribution is -0.0466. The quantitative estimate of drug-likeness (QED) is 0.123. The van der Waals surface area contributed by atoms with Crippen molar-refractivity contribution in [1.29, 1.82) is 0 Å². The van der Waals surface area contributed by atoms with Crippen LogP contribution in [0.5, 0.6) is 0 Å². The summed E-state index contributed by atoms with van der Waals surface area (Å²) >= 11 is 0. The predicted molar refractivity (Wildman–Crippen MR) is 123 cm³/mol. The third kappa shape index (κ3) is 45.1. The highest BCUT2D eigenvalue weighted by molar-refractivity contribution is 7.79. The summed E-state index contributed by atoms with van der Waals surface area (Å²) in [5.41, 5.74) is -0.125. The van der Waals surface area contributed by atoms with Crippen LogP contribution in [0.15, 0.2) is 0 Å². The third-order valence-corrected chi connectivity index (χ3v) is 3.23. The van der Waals surface area contributed by atoms with Crippen LogP contribution in [0.2, 0.25) is 0 Å². The molecule has 0 aliphatic carbocycles. The summed E-state index contributed by atoms with van der Waals surface area (Å²) in [7, 11) is -4.67. The molecule has 0 amide bonds. The zero-order valence-corrected chi connectivity index (χ0v) is 21.5. The van der Waals surface area contributed by atoms with Gasteiger partial charge in [0.15, 0.2) is 0 Å². The molecule has 0 fully saturated rings. The maximum absolute atomic E-state index is 8.74. The molecule has 0 aliphatic rings. The first-order chi connectivity index (χ1) is 16.1. The van der Waals surface area contributed by atoms with Gasteiger partial charge in [0, 0.05) is 0 Å². The molecular formula is C20H44O13S. The highest BCUT2D eigenvalue weighted by atomic mass is 32.3. The van der Waals surface area contributed by atoms with Crippen molar-refractivity contribution in [3.05, 3.63) is 0 Å². The van der Waals surface area contributed by atoms with Crippen molar-refractivity contribution in [2.75, 3.05) is 106 Å². The Morgan fingerprint density at radius 1 is 0.500 bits per heavy atom. The molecule has 0 aliphatic heterocycles. The highest BCUT2D eigenvalue weighted by Crippen LogP contribution is 2.05. The summed E-state index contributed by atoms with van der Waals surface area (Å²) < 4.78 is 74.5. The Morgan fingerprint density at radius 2 is 0.706 bits per heavy atom. The molecule has 0 aromatic carbocycles. The normalized spacial score (nSPS) is 11.9. The second kappa shape index (κ2) is 25.6. The molecule has 0 radical (unpaired) electrons.